The van der Waals surface area contributed by atoms with Crippen LogP contribution in [0.3, 0.4) is 0 Å². The van der Waals surface area contributed by atoms with Crippen LogP contribution >= 0.6 is 0 Å². The lowest BCUT2D eigenvalue weighted by molar-refractivity contribution is 0.0633. The van der Waals surface area contributed by atoms with Gasteiger partial charge in [-0.25, -0.2) is 4.79 Å². The van der Waals surface area contributed by atoms with Gasteiger partial charge in [-0.1, -0.05) is 5.16 Å². The van der Waals surface area contributed by atoms with E-state index in [-0.39, 0.29) is 11.9 Å². The first kappa shape index (κ1) is 9.21. The smallest absolute Gasteiger partial charge is 0.375 e. The summed E-state index contributed by atoms with van der Waals surface area (Å²) in [6, 6.07) is 0. The molecule has 0 radical (unpaired) electrons. The second-order valence-corrected chi connectivity index (χ2v) is 3.32. The van der Waals surface area contributed by atoms with E-state index in [1.807, 2.05) is 0 Å². The summed E-state index contributed by atoms with van der Waals surface area (Å²) in [5, 5.41) is 12.5. The van der Waals surface area contributed by atoms with Crippen molar-refractivity contribution in [1.82, 2.24) is 5.16 Å². The Balaban J connectivity index is 2.38. The lowest BCUT2D eigenvalue weighted by Crippen LogP contribution is -2.04. The Hall–Kier alpha value is -1.36. The normalized spacial score (nSPS) is 21.4. The molecule has 0 saturated carbocycles. The molecule has 0 aromatic carbocycles. The Morgan fingerprint density at radius 1 is 1.64 bits per heavy atom. The SMILES string of the molecule is Cc1noc(C(=O)O)c1C1CCCO1. The summed E-state index contributed by atoms with van der Waals surface area (Å²) in [6.07, 6.45) is 1.63. The zero-order chi connectivity index (χ0) is 10.1. The predicted octanol–water partition coefficient (Wildman–Crippen LogP) is 1.53. The summed E-state index contributed by atoms with van der Waals surface area (Å²) in [7, 11) is 0. The fraction of sp³-hybridized carbons (Fsp3) is 0.556. The van der Waals surface area contributed by atoms with Crippen molar-refractivity contribution in [3.05, 3.63) is 17.0 Å². The van der Waals surface area contributed by atoms with Crippen LogP contribution in [0.15, 0.2) is 4.52 Å². The van der Waals surface area contributed by atoms with Gasteiger partial charge in [-0.05, 0) is 19.8 Å². The Morgan fingerprint density at radius 2 is 2.43 bits per heavy atom. The van der Waals surface area contributed by atoms with Gasteiger partial charge in [-0.2, -0.15) is 0 Å². The van der Waals surface area contributed by atoms with Gasteiger partial charge in [0.15, 0.2) is 0 Å². The molecule has 5 nitrogen and oxygen atoms in total. The van der Waals surface area contributed by atoms with Crippen LogP contribution in [0.1, 0.15) is 40.8 Å². The van der Waals surface area contributed by atoms with Crippen LogP contribution in [-0.4, -0.2) is 22.8 Å². The number of carbonyl (C=O) groups is 1. The van der Waals surface area contributed by atoms with Gasteiger partial charge in [0.2, 0.25) is 5.76 Å². The molecule has 0 amide bonds. The molecule has 2 rings (SSSR count). The average molecular weight is 197 g/mol. The zero-order valence-corrected chi connectivity index (χ0v) is 7.82. The van der Waals surface area contributed by atoms with Gasteiger partial charge in [-0.3, -0.25) is 0 Å². The van der Waals surface area contributed by atoms with Crippen molar-refractivity contribution in [2.45, 2.75) is 25.9 Å². The van der Waals surface area contributed by atoms with Gasteiger partial charge in [0.1, 0.15) is 0 Å². The highest BCUT2D eigenvalue weighted by atomic mass is 16.5. The van der Waals surface area contributed by atoms with Gasteiger partial charge >= 0.3 is 5.97 Å². The van der Waals surface area contributed by atoms with Gasteiger partial charge in [-0.15, -0.1) is 0 Å². The third-order valence-electron chi connectivity index (χ3n) is 2.35. The summed E-state index contributed by atoms with van der Waals surface area (Å²) in [4.78, 5) is 10.8. The van der Waals surface area contributed by atoms with Crippen LogP contribution in [-0.2, 0) is 4.74 Å². The summed E-state index contributed by atoms with van der Waals surface area (Å²) in [5.74, 6) is -1.18. The van der Waals surface area contributed by atoms with Gasteiger partial charge in [0.25, 0.3) is 0 Å². The van der Waals surface area contributed by atoms with E-state index in [1.54, 1.807) is 6.92 Å². The van der Waals surface area contributed by atoms with Crippen LogP contribution in [0, 0.1) is 6.92 Å². The maximum Gasteiger partial charge on any atom is 0.375 e. The number of aromatic carboxylic acids is 1. The Bertz CT molecular complexity index is 352. The molecule has 1 aliphatic heterocycles. The topological polar surface area (TPSA) is 72.6 Å². The summed E-state index contributed by atoms with van der Waals surface area (Å²) in [6.45, 7) is 2.40. The first-order valence-electron chi connectivity index (χ1n) is 4.51. The maximum absolute atomic E-state index is 10.8. The van der Waals surface area contributed by atoms with Crippen molar-refractivity contribution in [1.29, 1.82) is 0 Å². The Kier molecular flexibility index (Phi) is 2.25. The predicted molar refractivity (Wildman–Crippen MR) is 46.1 cm³/mol. The molecule has 1 fully saturated rings. The van der Waals surface area contributed by atoms with E-state index in [1.165, 1.54) is 0 Å². The van der Waals surface area contributed by atoms with E-state index in [0.29, 0.717) is 17.9 Å². The first-order chi connectivity index (χ1) is 6.70. The molecular weight excluding hydrogens is 186 g/mol. The lowest BCUT2D eigenvalue weighted by Gasteiger charge is -2.07. The summed E-state index contributed by atoms with van der Waals surface area (Å²) < 4.78 is 10.1. The number of hydrogen-bond acceptors (Lipinski definition) is 4. The molecule has 76 valence electrons. The minimum Gasteiger partial charge on any atom is -0.475 e. The number of nitrogens with zero attached hydrogens (tertiary/aromatic N) is 1. The van der Waals surface area contributed by atoms with Crippen molar-refractivity contribution < 1.29 is 19.2 Å². The fourth-order valence-corrected chi connectivity index (χ4v) is 1.72. The van der Waals surface area contributed by atoms with E-state index in [2.05, 4.69) is 5.16 Å². The largest absolute Gasteiger partial charge is 0.475 e. The molecule has 1 saturated heterocycles. The third-order valence-corrected chi connectivity index (χ3v) is 2.35. The second-order valence-electron chi connectivity index (χ2n) is 3.32. The van der Waals surface area contributed by atoms with Crippen LogP contribution < -0.4 is 0 Å². The van der Waals surface area contributed by atoms with E-state index < -0.39 is 5.97 Å². The number of carboxylic acid groups (broad SMARTS) is 1. The lowest BCUT2D eigenvalue weighted by atomic mass is 10.1. The van der Waals surface area contributed by atoms with Crippen molar-refractivity contribution in [3.63, 3.8) is 0 Å². The molecular formula is C9H11NO4. The number of aryl methyl sites for hydroxylation is 1. The van der Waals surface area contributed by atoms with E-state index in [4.69, 9.17) is 14.4 Å². The number of carboxylic acids is 1. The first-order valence-corrected chi connectivity index (χ1v) is 4.51. The van der Waals surface area contributed by atoms with Crippen LogP contribution in [0.4, 0.5) is 0 Å². The molecule has 14 heavy (non-hydrogen) atoms. The van der Waals surface area contributed by atoms with Gasteiger partial charge < -0.3 is 14.4 Å². The molecule has 0 spiro atoms. The highest BCUT2D eigenvalue weighted by Gasteiger charge is 2.29. The van der Waals surface area contributed by atoms with Gasteiger partial charge in [0.05, 0.1) is 17.4 Å². The highest BCUT2D eigenvalue weighted by Crippen LogP contribution is 2.32. The number of hydrogen-bond donors (Lipinski definition) is 1. The molecule has 1 aromatic heterocycles. The Morgan fingerprint density at radius 3 is 3.00 bits per heavy atom. The molecule has 1 unspecified atom stereocenters. The highest BCUT2D eigenvalue weighted by molar-refractivity contribution is 5.86. The standard InChI is InChI=1S/C9H11NO4/c1-5-7(6-3-2-4-13-6)8(9(11)12)14-10-5/h6H,2-4H2,1H3,(H,11,12). The molecule has 0 bridgehead atoms. The molecule has 1 aliphatic rings. The number of aromatic nitrogens is 1. The van der Waals surface area contributed by atoms with Crippen molar-refractivity contribution in [3.8, 4) is 0 Å². The summed E-state index contributed by atoms with van der Waals surface area (Å²) >= 11 is 0. The minimum atomic E-state index is -1.09. The molecule has 1 atom stereocenters. The monoisotopic (exact) mass is 197 g/mol. The molecule has 2 heterocycles. The number of rotatable bonds is 2. The maximum atomic E-state index is 10.8. The molecule has 1 aromatic rings. The molecule has 0 aliphatic carbocycles. The fourth-order valence-electron chi connectivity index (χ4n) is 1.72. The van der Waals surface area contributed by atoms with Crippen molar-refractivity contribution in [2.75, 3.05) is 6.61 Å². The Labute approximate surface area is 80.6 Å². The second kappa shape index (κ2) is 3.42. The zero-order valence-electron chi connectivity index (χ0n) is 7.82. The van der Waals surface area contributed by atoms with Crippen LogP contribution in [0.5, 0.6) is 0 Å². The summed E-state index contributed by atoms with van der Waals surface area (Å²) in [5.41, 5.74) is 1.20. The van der Waals surface area contributed by atoms with Crippen molar-refractivity contribution >= 4 is 5.97 Å². The van der Waals surface area contributed by atoms with Gasteiger partial charge in [0, 0.05) is 6.61 Å². The van der Waals surface area contributed by atoms with E-state index in [9.17, 15) is 4.79 Å². The average Bonchev–Trinajstić information content (AvgIpc) is 2.71. The third kappa shape index (κ3) is 1.39. The van der Waals surface area contributed by atoms with E-state index >= 15 is 0 Å². The molecule has 1 N–H and O–H groups in total. The molecule has 5 heteroatoms. The minimum absolute atomic E-state index is 0.0885. The van der Waals surface area contributed by atoms with E-state index in [0.717, 1.165) is 12.8 Å². The quantitative estimate of drug-likeness (QED) is 0.778. The number of ether oxygens (including phenoxy) is 1. The van der Waals surface area contributed by atoms with Crippen molar-refractivity contribution in [2.24, 2.45) is 0 Å². The van der Waals surface area contributed by atoms with Crippen LogP contribution in [0.2, 0.25) is 0 Å². The van der Waals surface area contributed by atoms with Crippen LogP contribution in [0.25, 0.3) is 0 Å².